The van der Waals surface area contributed by atoms with Crippen molar-refractivity contribution >= 4 is 34.1 Å². The minimum atomic E-state index is -0.881. The Bertz CT molecular complexity index is 1170. The average molecular weight is 471 g/mol. The fourth-order valence-electron chi connectivity index (χ4n) is 5.19. The molecule has 3 aromatic rings. The number of hydrogen-bond acceptors (Lipinski definition) is 6. The van der Waals surface area contributed by atoms with E-state index in [2.05, 4.69) is 38.0 Å². The van der Waals surface area contributed by atoms with Crippen LogP contribution in [0.2, 0.25) is 5.02 Å². The molecular weight excluding hydrogens is 443 g/mol. The number of halogens is 2. The minimum Gasteiger partial charge on any atom is -0.377 e. The topological polar surface area (TPSA) is 68.1 Å². The van der Waals surface area contributed by atoms with Crippen LogP contribution in [0.3, 0.4) is 0 Å². The molecule has 2 saturated heterocycles. The van der Waals surface area contributed by atoms with Gasteiger partial charge in [0.15, 0.2) is 0 Å². The molecule has 4 heterocycles. The molecule has 1 aliphatic carbocycles. The van der Waals surface area contributed by atoms with E-state index >= 15 is 0 Å². The van der Waals surface area contributed by atoms with Crippen LogP contribution < -0.4 is 5.32 Å². The quantitative estimate of drug-likeness (QED) is 0.578. The van der Waals surface area contributed by atoms with Gasteiger partial charge in [-0.25, -0.2) is 14.4 Å². The Morgan fingerprint density at radius 1 is 1.12 bits per heavy atom. The van der Waals surface area contributed by atoms with Crippen LogP contribution in [-0.4, -0.2) is 63.2 Å². The van der Waals surface area contributed by atoms with E-state index in [9.17, 15) is 4.39 Å². The highest BCUT2D eigenvalue weighted by atomic mass is 35.5. The first-order chi connectivity index (χ1) is 16.1. The lowest BCUT2D eigenvalue weighted by molar-refractivity contribution is 0.106. The van der Waals surface area contributed by atoms with Crippen LogP contribution in [0.4, 0.5) is 16.0 Å². The molecule has 9 heteroatoms. The predicted octanol–water partition coefficient (Wildman–Crippen LogP) is 4.78. The van der Waals surface area contributed by atoms with E-state index in [1.54, 1.807) is 0 Å². The van der Waals surface area contributed by atoms with Crippen molar-refractivity contribution < 1.29 is 9.13 Å². The molecule has 0 spiro atoms. The summed E-state index contributed by atoms with van der Waals surface area (Å²) in [6.45, 7) is 4.50. The number of nitrogens with one attached hydrogen (secondary N) is 1. The van der Waals surface area contributed by atoms with Crippen molar-refractivity contribution in [3.05, 3.63) is 40.8 Å². The van der Waals surface area contributed by atoms with Gasteiger partial charge in [0.25, 0.3) is 0 Å². The van der Waals surface area contributed by atoms with Crippen LogP contribution in [-0.2, 0) is 4.74 Å². The SMILES string of the molecule is Cc1c(Nc2ncc3cc(Cl)c(C4CCN([C@H]5COC[C@@H]5F)CC4)cc3n2)cnn1C1CC1. The highest BCUT2D eigenvalue weighted by molar-refractivity contribution is 6.32. The number of nitrogens with zero attached hydrogens (tertiary/aromatic N) is 5. The normalized spacial score (nSPS) is 24.6. The van der Waals surface area contributed by atoms with E-state index in [1.807, 2.05) is 18.5 Å². The summed E-state index contributed by atoms with van der Waals surface area (Å²) in [4.78, 5) is 11.5. The maximum absolute atomic E-state index is 14.1. The van der Waals surface area contributed by atoms with Crippen molar-refractivity contribution in [2.75, 3.05) is 31.6 Å². The summed E-state index contributed by atoms with van der Waals surface area (Å²) in [6, 6.07) is 4.49. The second-order valence-corrected chi connectivity index (χ2v) is 9.91. The number of hydrogen-bond donors (Lipinski definition) is 1. The number of benzene rings is 1. The molecule has 0 unspecified atom stereocenters. The lowest BCUT2D eigenvalue weighted by atomic mass is 9.88. The molecule has 1 N–H and O–H groups in total. The molecule has 0 amide bonds. The van der Waals surface area contributed by atoms with Crippen molar-refractivity contribution in [2.45, 2.75) is 56.8 Å². The molecule has 0 bridgehead atoms. The summed E-state index contributed by atoms with van der Waals surface area (Å²) >= 11 is 6.68. The fraction of sp³-hybridized carbons (Fsp3) is 0.542. The average Bonchev–Trinajstić information content (AvgIpc) is 3.47. The van der Waals surface area contributed by atoms with E-state index in [1.165, 1.54) is 12.8 Å². The van der Waals surface area contributed by atoms with E-state index < -0.39 is 6.17 Å². The molecule has 2 aliphatic heterocycles. The number of piperidine rings is 1. The number of ether oxygens (including phenoxy) is 1. The Morgan fingerprint density at radius 3 is 2.67 bits per heavy atom. The Morgan fingerprint density at radius 2 is 1.94 bits per heavy atom. The van der Waals surface area contributed by atoms with Gasteiger partial charge in [-0.1, -0.05) is 11.6 Å². The van der Waals surface area contributed by atoms with Gasteiger partial charge in [-0.3, -0.25) is 9.58 Å². The first-order valence-electron chi connectivity index (χ1n) is 11.8. The van der Waals surface area contributed by atoms with Gasteiger partial charge in [0, 0.05) is 16.6 Å². The van der Waals surface area contributed by atoms with E-state index in [0.29, 0.717) is 24.5 Å². The molecule has 0 radical (unpaired) electrons. The predicted molar refractivity (Wildman–Crippen MR) is 126 cm³/mol. The molecular formula is C24H28ClFN6O. The number of anilines is 2. The summed E-state index contributed by atoms with van der Waals surface area (Å²) in [5, 5.41) is 9.50. The minimum absolute atomic E-state index is 0.105. The zero-order valence-electron chi connectivity index (χ0n) is 18.7. The molecule has 1 saturated carbocycles. The highest BCUT2D eigenvalue weighted by Crippen LogP contribution is 2.38. The Kier molecular flexibility index (Phi) is 5.47. The molecule has 2 aromatic heterocycles. The van der Waals surface area contributed by atoms with Gasteiger partial charge in [0.1, 0.15) is 6.17 Å². The van der Waals surface area contributed by atoms with E-state index in [-0.39, 0.29) is 12.6 Å². The third-order valence-electron chi connectivity index (χ3n) is 7.30. The summed E-state index contributed by atoms with van der Waals surface area (Å²) in [5.41, 5.74) is 4.03. The van der Waals surface area contributed by atoms with Gasteiger partial charge in [0.05, 0.1) is 48.4 Å². The Hall–Kier alpha value is -2.29. The molecule has 1 aromatic carbocycles. The van der Waals surface area contributed by atoms with Crippen molar-refractivity contribution in [1.82, 2.24) is 24.6 Å². The maximum atomic E-state index is 14.1. The van der Waals surface area contributed by atoms with Gasteiger partial charge in [-0.05, 0) is 69.3 Å². The largest absolute Gasteiger partial charge is 0.377 e. The van der Waals surface area contributed by atoms with Crippen LogP contribution in [0.1, 0.15) is 48.9 Å². The third kappa shape index (κ3) is 4.09. The summed E-state index contributed by atoms with van der Waals surface area (Å²) in [5.74, 6) is 0.892. The number of fused-ring (bicyclic) bond motifs is 1. The van der Waals surface area contributed by atoms with Crippen LogP contribution >= 0.6 is 11.6 Å². The molecule has 174 valence electrons. The van der Waals surface area contributed by atoms with Gasteiger partial charge in [-0.2, -0.15) is 5.10 Å². The monoisotopic (exact) mass is 470 g/mol. The molecule has 6 rings (SSSR count). The smallest absolute Gasteiger partial charge is 0.227 e. The second-order valence-electron chi connectivity index (χ2n) is 9.50. The summed E-state index contributed by atoms with van der Waals surface area (Å²) in [7, 11) is 0. The number of alkyl halides is 1. The van der Waals surface area contributed by atoms with Gasteiger partial charge < -0.3 is 10.1 Å². The van der Waals surface area contributed by atoms with Crippen LogP contribution in [0.5, 0.6) is 0 Å². The highest BCUT2D eigenvalue weighted by Gasteiger charge is 2.35. The lowest BCUT2D eigenvalue weighted by Gasteiger charge is -2.36. The molecule has 2 atom stereocenters. The second kappa shape index (κ2) is 8.49. The van der Waals surface area contributed by atoms with Crippen molar-refractivity contribution in [3.8, 4) is 0 Å². The third-order valence-corrected chi connectivity index (χ3v) is 7.63. The Balaban J connectivity index is 1.20. The first kappa shape index (κ1) is 21.3. The molecule has 7 nitrogen and oxygen atoms in total. The van der Waals surface area contributed by atoms with Gasteiger partial charge in [0.2, 0.25) is 5.95 Å². The number of aromatic nitrogens is 4. The number of likely N-dealkylation sites (tertiary alicyclic amines) is 1. The Labute approximate surface area is 197 Å². The summed E-state index contributed by atoms with van der Waals surface area (Å²) in [6.07, 6.45) is 7.06. The van der Waals surface area contributed by atoms with Gasteiger partial charge in [-0.15, -0.1) is 0 Å². The lowest BCUT2D eigenvalue weighted by Crippen LogP contribution is -2.45. The molecule has 33 heavy (non-hydrogen) atoms. The van der Waals surface area contributed by atoms with Gasteiger partial charge >= 0.3 is 0 Å². The number of rotatable bonds is 5. The first-order valence-corrected chi connectivity index (χ1v) is 12.2. The van der Waals surface area contributed by atoms with Crippen molar-refractivity contribution in [2.24, 2.45) is 0 Å². The maximum Gasteiger partial charge on any atom is 0.227 e. The van der Waals surface area contributed by atoms with Crippen LogP contribution in [0.15, 0.2) is 24.5 Å². The zero-order chi connectivity index (χ0) is 22.5. The molecule has 3 aliphatic rings. The van der Waals surface area contributed by atoms with Crippen LogP contribution in [0.25, 0.3) is 10.9 Å². The summed E-state index contributed by atoms with van der Waals surface area (Å²) < 4.78 is 21.5. The van der Waals surface area contributed by atoms with Crippen molar-refractivity contribution in [3.63, 3.8) is 0 Å². The standard InChI is InChI=1S/C24H28ClFN6O/c1-14-22(11-28-32(14)17-2-3-17)30-24-27-10-16-8-19(25)18(9-21(16)29-24)15-4-6-31(7-5-15)23-13-33-12-20(23)26/h8-11,15,17,20,23H,2-7,12-13H2,1H3,(H,27,29,30)/t20-,23-/m0/s1. The fourth-order valence-corrected chi connectivity index (χ4v) is 5.51. The molecule has 3 fully saturated rings. The van der Waals surface area contributed by atoms with E-state index in [4.69, 9.17) is 21.3 Å². The van der Waals surface area contributed by atoms with Crippen molar-refractivity contribution in [1.29, 1.82) is 0 Å². The van der Waals surface area contributed by atoms with Crippen LogP contribution in [0, 0.1) is 6.92 Å². The van der Waals surface area contributed by atoms with E-state index in [0.717, 1.165) is 58.8 Å². The zero-order valence-corrected chi connectivity index (χ0v) is 19.4.